The van der Waals surface area contributed by atoms with Crippen LogP contribution in [0.1, 0.15) is 11.1 Å². The number of carbonyl (C=O) groups is 1. The van der Waals surface area contributed by atoms with Crippen molar-refractivity contribution in [3.63, 3.8) is 0 Å². The number of cyclic esters (lactones) is 1. The van der Waals surface area contributed by atoms with E-state index in [4.69, 9.17) is 9.47 Å². The number of halogens is 1. The van der Waals surface area contributed by atoms with Crippen LogP contribution >= 0.6 is 15.9 Å². The molecule has 0 radical (unpaired) electrons. The first-order valence-electron chi connectivity index (χ1n) is 8.00. The molecular weight excluding hydrogens is 394 g/mol. The molecule has 0 aromatic heterocycles. The molecule has 0 aliphatic carbocycles. The van der Waals surface area contributed by atoms with E-state index in [9.17, 15) is 4.79 Å². The van der Waals surface area contributed by atoms with Crippen molar-refractivity contribution < 1.29 is 14.3 Å². The molecule has 4 nitrogen and oxygen atoms in total. The molecule has 3 aromatic rings. The largest absolute Gasteiger partial charge is 0.496 e. The Bertz CT molecular complexity index is 1080. The summed E-state index contributed by atoms with van der Waals surface area (Å²) in [4.78, 5) is 16.7. The van der Waals surface area contributed by atoms with Crippen molar-refractivity contribution in [1.82, 2.24) is 0 Å². The topological polar surface area (TPSA) is 47.9 Å². The summed E-state index contributed by atoms with van der Waals surface area (Å²) in [5, 5.41) is 2.16. The molecule has 3 aromatic carbocycles. The highest BCUT2D eigenvalue weighted by atomic mass is 79.9. The quantitative estimate of drug-likeness (QED) is 0.455. The molecular formula is C21H14BrNO3. The third kappa shape index (κ3) is 3.02. The predicted octanol–water partition coefficient (Wildman–Crippen LogP) is 4.96. The molecule has 26 heavy (non-hydrogen) atoms. The van der Waals surface area contributed by atoms with Crippen molar-refractivity contribution in [3.8, 4) is 5.75 Å². The molecule has 1 aliphatic heterocycles. The minimum absolute atomic E-state index is 0.236. The summed E-state index contributed by atoms with van der Waals surface area (Å²) >= 11 is 3.42. The lowest BCUT2D eigenvalue weighted by atomic mass is 10.0. The van der Waals surface area contributed by atoms with Crippen molar-refractivity contribution in [2.75, 3.05) is 7.11 Å². The van der Waals surface area contributed by atoms with E-state index in [0.717, 1.165) is 20.8 Å². The molecule has 5 heteroatoms. The molecule has 1 heterocycles. The average Bonchev–Trinajstić information content (AvgIpc) is 3.02. The zero-order chi connectivity index (χ0) is 18.1. The van der Waals surface area contributed by atoms with Crippen LogP contribution in [-0.2, 0) is 9.53 Å². The number of esters is 1. The average molecular weight is 408 g/mol. The fourth-order valence-corrected chi connectivity index (χ4v) is 3.26. The third-order valence-electron chi connectivity index (χ3n) is 4.13. The van der Waals surface area contributed by atoms with Gasteiger partial charge in [-0.25, -0.2) is 9.79 Å². The highest BCUT2D eigenvalue weighted by Crippen LogP contribution is 2.29. The summed E-state index contributed by atoms with van der Waals surface area (Å²) in [6, 6.07) is 19.4. The lowest BCUT2D eigenvalue weighted by Gasteiger charge is -2.07. The van der Waals surface area contributed by atoms with E-state index in [2.05, 4.69) is 20.9 Å². The second-order valence-electron chi connectivity index (χ2n) is 5.75. The van der Waals surface area contributed by atoms with Crippen LogP contribution in [0.25, 0.3) is 16.8 Å². The first-order chi connectivity index (χ1) is 12.7. The van der Waals surface area contributed by atoms with E-state index in [1.807, 2.05) is 54.6 Å². The number of rotatable bonds is 3. The Kier molecular flexibility index (Phi) is 4.31. The lowest BCUT2D eigenvalue weighted by molar-refractivity contribution is -0.129. The molecule has 0 saturated heterocycles. The summed E-state index contributed by atoms with van der Waals surface area (Å²) in [5.41, 5.74) is 1.80. The zero-order valence-electron chi connectivity index (χ0n) is 13.9. The van der Waals surface area contributed by atoms with Crippen LogP contribution in [0.3, 0.4) is 0 Å². The Labute approximate surface area is 158 Å². The number of benzene rings is 3. The number of hydrogen-bond acceptors (Lipinski definition) is 4. The van der Waals surface area contributed by atoms with Gasteiger partial charge in [0.05, 0.1) is 12.7 Å². The Hall–Kier alpha value is -2.92. The summed E-state index contributed by atoms with van der Waals surface area (Å²) < 4.78 is 11.6. The first kappa shape index (κ1) is 16.5. The minimum Gasteiger partial charge on any atom is -0.496 e. The fourth-order valence-electron chi connectivity index (χ4n) is 2.90. The Morgan fingerprint density at radius 2 is 1.88 bits per heavy atom. The SMILES string of the molecule is COc1ccc(Br)cc1C1=N/C(=C\c2cccc3ccccc23)C(=O)O1. The molecule has 0 unspecified atom stereocenters. The fraction of sp³-hybridized carbons (Fsp3) is 0.0476. The summed E-state index contributed by atoms with van der Waals surface area (Å²) in [7, 11) is 1.57. The summed E-state index contributed by atoms with van der Waals surface area (Å²) in [6.45, 7) is 0. The standard InChI is InChI=1S/C21H14BrNO3/c1-25-19-10-9-15(22)12-17(19)20-23-18(21(24)26-20)11-14-7-4-6-13-5-2-3-8-16(13)14/h2-12H,1H3/b18-11-. The monoisotopic (exact) mass is 407 g/mol. The number of methoxy groups -OCH3 is 1. The molecule has 0 bridgehead atoms. The number of ether oxygens (including phenoxy) is 2. The van der Waals surface area contributed by atoms with Gasteiger partial charge in [0, 0.05) is 4.47 Å². The molecule has 0 fully saturated rings. The maximum absolute atomic E-state index is 12.3. The summed E-state index contributed by atoms with van der Waals surface area (Å²) in [5.74, 6) is 0.348. The molecule has 0 spiro atoms. The molecule has 0 amide bonds. The maximum Gasteiger partial charge on any atom is 0.363 e. The molecule has 0 N–H and O–H groups in total. The maximum atomic E-state index is 12.3. The highest BCUT2D eigenvalue weighted by molar-refractivity contribution is 9.10. The van der Waals surface area contributed by atoms with Crippen LogP contribution in [-0.4, -0.2) is 19.0 Å². The van der Waals surface area contributed by atoms with Crippen LogP contribution < -0.4 is 4.74 Å². The molecule has 0 atom stereocenters. The third-order valence-corrected chi connectivity index (χ3v) is 4.62. The Balaban J connectivity index is 1.80. The van der Waals surface area contributed by atoms with E-state index in [0.29, 0.717) is 11.3 Å². The van der Waals surface area contributed by atoms with Gasteiger partial charge in [-0.3, -0.25) is 0 Å². The van der Waals surface area contributed by atoms with Gasteiger partial charge in [0.2, 0.25) is 5.90 Å². The van der Waals surface area contributed by atoms with E-state index < -0.39 is 5.97 Å². The van der Waals surface area contributed by atoms with Crippen molar-refractivity contribution >= 4 is 44.6 Å². The van der Waals surface area contributed by atoms with Crippen LogP contribution in [0.5, 0.6) is 5.75 Å². The van der Waals surface area contributed by atoms with Gasteiger partial charge >= 0.3 is 5.97 Å². The van der Waals surface area contributed by atoms with Crippen LogP contribution in [0.15, 0.2) is 75.8 Å². The highest BCUT2D eigenvalue weighted by Gasteiger charge is 2.26. The normalized spacial score (nSPS) is 15.2. The molecule has 0 saturated carbocycles. The van der Waals surface area contributed by atoms with Crippen molar-refractivity contribution in [1.29, 1.82) is 0 Å². The van der Waals surface area contributed by atoms with Gasteiger partial charge in [-0.1, -0.05) is 58.4 Å². The van der Waals surface area contributed by atoms with Gasteiger partial charge in [0.1, 0.15) is 5.75 Å². The van der Waals surface area contributed by atoms with Gasteiger partial charge in [-0.05, 0) is 40.6 Å². The van der Waals surface area contributed by atoms with Gasteiger partial charge < -0.3 is 9.47 Å². The number of carbonyl (C=O) groups excluding carboxylic acids is 1. The van der Waals surface area contributed by atoms with E-state index in [1.54, 1.807) is 19.3 Å². The number of nitrogens with zero attached hydrogens (tertiary/aromatic N) is 1. The van der Waals surface area contributed by atoms with Crippen molar-refractivity contribution in [2.45, 2.75) is 0 Å². The van der Waals surface area contributed by atoms with Crippen molar-refractivity contribution in [3.05, 3.63) is 82.0 Å². The zero-order valence-corrected chi connectivity index (χ0v) is 15.5. The minimum atomic E-state index is -0.477. The molecule has 4 rings (SSSR count). The number of fused-ring (bicyclic) bond motifs is 1. The predicted molar refractivity (Wildman–Crippen MR) is 105 cm³/mol. The van der Waals surface area contributed by atoms with Gasteiger partial charge in [0.25, 0.3) is 0 Å². The van der Waals surface area contributed by atoms with E-state index >= 15 is 0 Å². The van der Waals surface area contributed by atoms with Gasteiger partial charge in [-0.2, -0.15) is 0 Å². The van der Waals surface area contributed by atoms with Crippen LogP contribution in [0, 0.1) is 0 Å². The van der Waals surface area contributed by atoms with E-state index in [-0.39, 0.29) is 11.6 Å². The number of hydrogen-bond donors (Lipinski definition) is 0. The van der Waals surface area contributed by atoms with Crippen LogP contribution in [0.2, 0.25) is 0 Å². The van der Waals surface area contributed by atoms with Crippen LogP contribution in [0.4, 0.5) is 0 Å². The summed E-state index contributed by atoms with van der Waals surface area (Å²) in [6.07, 6.45) is 1.75. The van der Waals surface area contributed by atoms with Crippen molar-refractivity contribution in [2.24, 2.45) is 4.99 Å². The second-order valence-corrected chi connectivity index (χ2v) is 6.66. The van der Waals surface area contributed by atoms with E-state index in [1.165, 1.54) is 0 Å². The Morgan fingerprint density at radius 3 is 2.73 bits per heavy atom. The first-order valence-corrected chi connectivity index (χ1v) is 8.79. The number of aliphatic imine (C=N–C) groups is 1. The lowest BCUT2D eigenvalue weighted by Crippen LogP contribution is -2.07. The molecule has 128 valence electrons. The smallest absolute Gasteiger partial charge is 0.363 e. The molecule has 1 aliphatic rings. The van der Waals surface area contributed by atoms with Gasteiger partial charge in [0.15, 0.2) is 5.70 Å². The Morgan fingerprint density at radius 1 is 1.08 bits per heavy atom. The second kappa shape index (κ2) is 6.77. The van der Waals surface area contributed by atoms with Gasteiger partial charge in [-0.15, -0.1) is 0 Å².